The predicted molar refractivity (Wildman–Crippen MR) is 35.0 cm³/mol. The summed E-state index contributed by atoms with van der Waals surface area (Å²) in [4.78, 5) is 0. The van der Waals surface area contributed by atoms with Crippen molar-refractivity contribution in [2.24, 2.45) is 0 Å². The van der Waals surface area contributed by atoms with Crippen LogP contribution in [0.3, 0.4) is 0 Å². The molecule has 0 aliphatic rings. The van der Waals surface area contributed by atoms with E-state index in [0.717, 1.165) is 10.9 Å². The van der Waals surface area contributed by atoms with Gasteiger partial charge in [0.05, 0.1) is 0 Å². The topological polar surface area (TPSA) is 0 Å². The largest absolute Gasteiger partial charge is 0.231 e. The molecule has 0 aromatic rings. The summed E-state index contributed by atoms with van der Waals surface area (Å²) in [6.45, 7) is 1.00. The van der Waals surface area contributed by atoms with E-state index in [0.29, 0.717) is 0 Å². The van der Waals surface area contributed by atoms with Crippen LogP contribution in [0.2, 0.25) is 0 Å². The van der Waals surface area contributed by atoms with Crippen LogP contribution >= 0.6 is 35.1 Å². The van der Waals surface area contributed by atoms with Crippen molar-refractivity contribution < 1.29 is 0 Å². The van der Waals surface area contributed by atoms with Crippen molar-refractivity contribution in [1.82, 2.24) is 0 Å². The molecule has 0 radical (unpaired) electrons. The molecule has 0 saturated heterocycles. The van der Waals surface area contributed by atoms with Gasteiger partial charge in [-0.1, -0.05) is 22.6 Å². The lowest BCUT2D eigenvalue weighted by molar-refractivity contribution is 2.36. The maximum atomic E-state index is 3.91. The molecule has 0 nitrogen and oxygen atoms in total. The first-order chi connectivity index (χ1) is 1.91. The van der Waals surface area contributed by atoms with Crippen LogP contribution < -0.4 is 0 Å². The zero-order valence-corrected chi connectivity index (χ0v) is 5.29. The first-order valence-electron chi connectivity index (χ1n) is 1.08. The summed E-state index contributed by atoms with van der Waals surface area (Å²) in [6, 6.07) is 0. The second kappa shape index (κ2) is 4.14. The van der Waals surface area contributed by atoms with Gasteiger partial charge in [-0.25, -0.2) is 12.5 Å². The molecule has 0 heterocycles. The second-order valence-electron chi connectivity index (χ2n) is 0.413. The molecule has 0 aliphatic carbocycles. The highest BCUT2D eigenvalue weighted by atomic mass is 127. The Morgan fingerprint density at radius 1 is 2.00 bits per heavy atom. The number of hydrogen-bond acceptors (Lipinski definition) is 1. The van der Waals surface area contributed by atoms with Crippen LogP contribution in [0.5, 0.6) is 0 Å². The smallest absolute Gasteiger partial charge is 0.197 e. The summed E-state index contributed by atoms with van der Waals surface area (Å²) >= 11 is 6.19. The molecule has 0 aromatic carbocycles. The minimum absolute atomic E-state index is 1.00. The fourth-order valence-electron chi connectivity index (χ4n) is 0. The van der Waals surface area contributed by atoms with E-state index in [2.05, 4.69) is 35.1 Å². The summed E-state index contributed by atoms with van der Waals surface area (Å²) in [6.07, 6.45) is 0. The van der Waals surface area contributed by atoms with E-state index >= 15 is 0 Å². The number of alkyl halides is 1. The van der Waals surface area contributed by atoms with Gasteiger partial charge in [0.2, 0.25) is 0 Å². The van der Waals surface area contributed by atoms with Gasteiger partial charge in [0, 0.05) is 0 Å². The summed E-state index contributed by atoms with van der Waals surface area (Å²) in [5.41, 5.74) is 0. The van der Waals surface area contributed by atoms with Gasteiger partial charge in [0.15, 0.2) is 6.56 Å². The molecule has 0 amide bonds. The summed E-state index contributed by atoms with van der Waals surface area (Å²) in [5.74, 6) is 0. The lowest BCUT2D eigenvalue weighted by Crippen LogP contribution is -1.70. The van der Waals surface area contributed by atoms with Crippen LogP contribution in [-0.4, -0.2) is 10.9 Å². The Bertz CT molecular complexity index is 10.0. The SMILES string of the molecule is SBCI. The molecule has 0 bridgehead atoms. The summed E-state index contributed by atoms with van der Waals surface area (Å²) in [7, 11) is 0. The molecular weight excluding hydrogens is 182 g/mol. The molecule has 0 fully saturated rings. The lowest BCUT2D eigenvalue weighted by atomic mass is 10.2. The number of thiol groups is 1. The molecule has 0 spiro atoms. The van der Waals surface area contributed by atoms with Gasteiger partial charge in [-0.2, -0.15) is 0 Å². The van der Waals surface area contributed by atoms with Crippen molar-refractivity contribution in [2.75, 3.05) is 4.33 Å². The Kier molecular flexibility index (Phi) is 5.33. The average Bonchev–Trinajstić information content (AvgIpc) is 1.37. The molecule has 0 atom stereocenters. The van der Waals surface area contributed by atoms with Crippen molar-refractivity contribution in [3.8, 4) is 0 Å². The first-order valence-corrected chi connectivity index (χ1v) is 3.24. The van der Waals surface area contributed by atoms with Crippen molar-refractivity contribution in [1.29, 1.82) is 0 Å². The molecule has 4 heavy (non-hydrogen) atoms. The monoisotopic (exact) mass is 186 g/mol. The Labute approximate surface area is 46.0 Å². The van der Waals surface area contributed by atoms with Crippen LogP contribution in [0.4, 0.5) is 0 Å². The third-order valence-corrected chi connectivity index (χ3v) is 1.70. The van der Waals surface area contributed by atoms with Gasteiger partial charge in [0.25, 0.3) is 0 Å². The van der Waals surface area contributed by atoms with E-state index < -0.39 is 0 Å². The second-order valence-corrected chi connectivity index (χ2v) is 1.94. The fraction of sp³-hybridized carbons (Fsp3) is 1.00. The van der Waals surface area contributed by atoms with Crippen LogP contribution in [0.25, 0.3) is 0 Å². The van der Waals surface area contributed by atoms with Gasteiger partial charge in [0.1, 0.15) is 0 Å². The molecule has 0 aliphatic heterocycles. The van der Waals surface area contributed by atoms with Gasteiger partial charge < -0.3 is 0 Å². The van der Waals surface area contributed by atoms with E-state index in [-0.39, 0.29) is 0 Å². The van der Waals surface area contributed by atoms with Crippen LogP contribution in [0, 0.1) is 0 Å². The van der Waals surface area contributed by atoms with Crippen LogP contribution in [-0.2, 0) is 0 Å². The van der Waals surface area contributed by atoms with Crippen LogP contribution in [0.15, 0.2) is 0 Å². The van der Waals surface area contributed by atoms with E-state index in [9.17, 15) is 0 Å². The fourth-order valence-corrected chi connectivity index (χ4v) is 0. The van der Waals surface area contributed by atoms with Crippen LogP contribution in [0.1, 0.15) is 0 Å². The molecule has 0 aromatic heterocycles. The number of rotatable bonds is 1. The number of hydrogen-bond donors (Lipinski definition) is 1. The summed E-state index contributed by atoms with van der Waals surface area (Å²) in [5, 5.41) is 0. The number of halogens is 1. The van der Waals surface area contributed by atoms with Crippen molar-refractivity contribution in [2.45, 2.75) is 0 Å². The molecule has 0 N–H and O–H groups in total. The van der Waals surface area contributed by atoms with E-state index in [1.807, 2.05) is 0 Å². The van der Waals surface area contributed by atoms with Crippen molar-refractivity contribution in [3.63, 3.8) is 0 Å². The summed E-state index contributed by atoms with van der Waals surface area (Å²) < 4.78 is 1.15. The third kappa shape index (κ3) is 3.14. The Hall–Kier alpha value is 1.14. The molecule has 24 valence electrons. The highest BCUT2D eigenvalue weighted by Crippen LogP contribution is 1.76. The molecular formula is CH4BIS. The van der Waals surface area contributed by atoms with Crippen molar-refractivity contribution >= 4 is 41.6 Å². The maximum absolute atomic E-state index is 3.91. The predicted octanol–water partition coefficient (Wildman–Crippen LogP) is 0.660. The first kappa shape index (κ1) is 5.14. The van der Waals surface area contributed by atoms with Crippen molar-refractivity contribution in [3.05, 3.63) is 0 Å². The highest BCUT2D eigenvalue weighted by molar-refractivity contribution is 14.1. The molecule has 0 saturated carbocycles. The average molecular weight is 186 g/mol. The Morgan fingerprint density at radius 3 is 2.25 bits per heavy atom. The third-order valence-electron chi connectivity index (χ3n) is 0.0845. The molecule has 0 rings (SSSR count). The minimum atomic E-state index is 1.00. The van der Waals surface area contributed by atoms with Gasteiger partial charge in [-0.15, -0.1) is 0 Å². The zero-order chi connectivity index (χ0) is 3.41. The molecule has 0 unspecified atom stereocenters. The maximum Gasteiger partial charge on any atom is 0.197 e. The highest BCUT2D eigenvalue weighted by Gasteiger charge is 1.65. The van der Waals surface area contributed by atoms with Gasteiger partial charge in [-0.05, 0) is 4.33 Å². The van der Waals surface area contributed by atoms with E-state index in [1.54, 1.807) is 0 Å². The van der Waals surface area contributed by atoms with Gasteiger partial charge >= 0.3 is 0 Å². The molecule has 3 heteroatoms. The minimum Gasteiger partial charge on any atom is -0.231 e. The normalized spacial score (nSPS) is 6.50. The standard InChI is InChI=1S/CH4BIS/c3-1-2-4/h2,4H,1H2. The van der Waals surface area contributed by atoms with Gasteiger partial charge in [-0.3, -0.25) is 0 Å². The van der Waals surface area contributed by atoms with E-state index in [1.165, 1.54) is 0 Å². The quantitative estimate of drug-likeness (QED) is 0.264. The Balaban J connectivity index is 1.97. The zero-order valence-electron chi connectivity index (χ0n) is 2.24. The Morgan fingerprint density at radius 2 is 2.25 bits per heavy atom. The van der Waals surface area contributed by atoms with E-state index in [4.69, 9.17) is 0 Å². The lowest BCUT2D eigenvalue weighted by Gasteiger charge is -1.61.